The summed E-state index contributed by atoms with van der Waals surface area (Å²) in [5.74, 6) is -2.94. The molecule has 0 atom stereocenters. The molecule has 3 rings (SSSR count). The van der Waals surface area contributed by atoms with Gasteiger partial charge in [-0.1, -0.05) is 38.3 Å². The van der Waals surface area contributed by atoms with E-state index in [1.54, 1.807) is 6.07 Å². The molecule has 0 amide bonds. The van der Waals surface area contributed by atoms with E-state index in [-0.39, 0.29) is 17.0 Å². The van der Waals surface area contributed by atoms with Crippen molar-refractivity contribution in [3.05, 3.63) is 53.3 Å². The van der Waals surface area contributed by atoms with Crippen LogP contribution in [0.15, 0.2) is 30.3 Å². The average molecular weight is 426 g/mol. The Morgan fingerprint density at radius 2 is 1.63 bits per heavy atom. The molecular formula is C24H27F5O. The maximum Gasteiger partial charge on any atom is 0.272 e. The number of halogens is 5. The monoisotopic (exact) mass is 426 g/mol. The molecule has 1 nitrogen and oxygen atoms in total. The number of ether oxygens (including phenoxy) is 1. The van der Waals surface area contributed by atoms with Crippen molar-refractivity contribution in [1.82, 2.24) is 0 Å². The van der Waals surface area contributed by atoms with Gasteiger partial charge in [-0.05, 0) is 61.3 Å². The molecule has 0 saturated heterocycles. The molecule has 6 heteroatoms. The molecule has 0 radical (unpaired) electrons. The maximum absolute atomic E-state index is 14.8. The van der Waals surface area contributed by atoms with Crippen LogP contribution in [0.1, 0.15) is 63.4 Å². The number of alkyl halides is 2. The van der Waals surface area contributed by atoms with E-state index in [4.69, 9.17) is 0 Å². The highest BCUT2D eigenvalue weighted by Crippen LogP contribution is 2.39. The Morgan fingerprint density at radius 1 is 0.933 bits per heavy atom. The number of hydrogen-bond acceptors (Lipinski definition) is 1. The molecule has 0 spiro atoms. The SMILES string of the molecule is CCCCC1CCC(c2ccc(-c3ccc(OCC(F)F)c(F)c3F)c(F)c2)CC1. The van der Waals surface area contributed by atoms with Gasteiger partial charge in [0.25, 0.3) is 6.43 Å². The van der Waals surface area contributed by atoms with Crippen LogP contribution in [0.25, 0.3) is 11.1 Å². The van der Waals surface area contributed by atoms with Crippen LogP contribution < -0.4 is 4.74 Å². The standard InChI is InChI=1S/C24H27F5O/c1-2-3-4-15-5-7-16(8-6-15)17-9-10-18(20(25)13-17)19-11-12-21(24(29)23(19)28)30-14-22(26)27/h9-13,15-16,22H,2-8,14H2,1H3. The molecule has 1 fully saturated rings. The van der Waals surface area contributed by atoms with Crippen LogP contribution in [0.3, 0.4) is 0 Å². The average Bonchev–Trinajstić information content (AvgIpc) is 2.74. The van der Waals surface area contributed by atoms with Gasteiger partial charge in [-0.2, -0.15) is 4.39 Å². The summed E-state index contributed by atoms with van der Waals surface area (Å²) in [6.07, 6.45) is 5.16. The minimum absolute atomic E-state index is 0.0628. The lowest BCUT2D eigenvalue weighted by molar-refractivity contribution is 0.0795. The number of hydrogen-bond donors (Lipinski definition) is 0. The highest BCUT2D eigenvalue weighted by atomic mass is 19.3. The third-order valence-corrected chi connectivity index (χ3v) is 5.98. The first kappa shape index (κ1) is 22.6. The summed E-state index contributed by atoms with van der Waals surface area (Å²) in [4.78, 5) is 0. The van der Waals surface area contributed by atoms with E-state index in [2.05, 4.69) is 11.7 Å². The zero-order chi connectivity index (χ0) is 21.7. The fourth-order valence-corrected chi connectivity index (χ4v) is 4.28. The summed E-state index contributed by atoms with van der Waals surface area (Å²) >= 11 is 0. The van der Waals surface area contributed by atoms with Crippen molar-refractivity contribution in [1.29, 1.82) is 0 Å². The third-order valence-electron chi connectivity index (χ3n) is 5.98. The topological polar surface area (TPSA) is 9.23 Å². The second-order valence-electron chi connectivity index (χ2n) is 8.04. The van der Waals surface area contributed by atoms with Crippen molar-refractivity contribution < 1.29 is 26.7 Å². The highest BCUT2D eigenvalue weighted by molar-refractivity contribution is 5.66. The van der Waals surface area contributed by atoms with Crippen LogP contribution in [0.2, 0.25) is 0 Å². The van der Waals surface area contributed by atoms with Crippen LogP contribution in [-0.2, 0) is 0 Å². The Balaban J connectivity index is 1.74. The van der Waals surface area contributed by atoms with Crippen molar-refractivity contribution in [2.45, 2.75) is 64.2 Å². The molecule has 2 aromatic carbocycles. The molecule has 1 aliphatic carbocycles. The van der Waals surface area contributed by atoms with Crippen molar-refractivity contribution in [3.8, 4) is 16.9 Å². The predicted octanol–water partition coefficient (Wildman–Crippen LogP) is 7.88. The lowest BCUT2D eigenvalue weighted by Gasteiger charge is -2.29. The molecule has 164 valence electrons. The Hall–Kier alpha value is -2.11. The fourth-order valence-electron chi connectivity index (χ4n) is 4.28. The van der Waals surface area contributed by atoms with Crippen molar-refractivity contribution in [2.24, 2.45) is 5.92 Å². The smallest absolute Gasteiger partial charge is 0.272 e. The third kappa shape index (κ3) is 5.32. The van der Waals surface area contributed by atoms with Crippen LogP contribution in [0, 0.1) is 23.4 Å². The minimum atomic E-state index is -2.81. The van der Waals surface area contributed by atoms with Crippen molar-refractivity contribution in [3.63, 3.8) is 0 Å². The van der Waals surface area contributed by atoms with Gasteiger partial charge in [0.2, 0.25) is 5.82 Å². The van der Waals surface area contributed by atoms with E-state index in [9.17, 15) is 22.0 Å². The summed E-state index contributed by atoms with van der Waals surface area (Å²) in [5.41, 5.74) is 0.555. The lowest BCUT2D eigenvalue weighted by atomic mass is 9.77. The largest absolute Gasteiger partial charge is 0.484 e. The molecule has 1 aliphatic rings. The highest BCUT2D eigenvalue weighted by Gasteiger charge is 2.24. The van der Waals surface area contributed by atoms with Crippen LogP contribution in [0.5, 0.6) is 5.75 Å². The summed E-state index contributed by atoms with van der Waals surface area (Å²) in [6, 6.07) is 6.83. The van der Waals surface area contributed by atoms with E-state index < -0.39 is 36.2 Å². The molecule has 0 unspecified atom stereocenters. The second-order valence-corrected chi connectivity index (χ2v) is 8.04. The van der Waals surface area contributed by atoms with Gasteiger partial charge in [-0.25, -0.2) is 17.6 Å². The van der Waals surface area contributed by atoms with Gasteiger partial charge in [0.05, 0.1) is 0 Å². The van der Waals surface area contributed by atoms with Gasteiger partial charge < -0.3 is 4.74 Å². The van der Waals surface area contributed by atoms with Crippen molar-refractivity contribution in [2.75, 3.05) is 6.61 Å². The van der Waals surface area contributed by atoms with Gasteiger partial charge in [0.15, 0.2) is 11.6 Å². The minimum Gasteiger partial charge on any atom is -0.484 e. The van der Waals surface area contributed by atoms with Crippen LogP contribution in [0.4, 0.5) is 22.0 Å². The summed E-state index contributed by atoms with van der Waals surface area (Å²) in [5, 5.41) is 0. The summed E-state index contributed by atoms with van der Waals surface area (Å²) < 4.78 is 72.4. The van der Waals surface area contributed by atoms with Gasteiger partial charge in [0, 0.05) is 11.1 Å². The molecular weight excluding hydrogens is 399 g/mol. The summed E-state index contributed by atoms with van der Waals surface area (Å²) in [7, 11) is 0. The fraction of sp³-hybridized carbons (Fsp3) is 0.500. The van der Waals surface area contributed by atoms with Gasteiger partial charge in [0.1, 0.15) is 12.4 Å². The van der Waals surface area contributed by atoms with Crippen molar-refractivity contribution >= 4 is 0 Å². The predicted molar refractivity (Wildman–Crippen MR) is 107 cm³/mol. The van der Waals surface area contributed by atoms with E-state index in [0.29, 0.717) is 0 Å². The zero-order valence-corrected chi connectivity index (χ0v) is 17.1. The molecule has 0 aromatic heterocycles. The van der Waals surface area contributed by atoms with E-state index in [0.717, 1.165) is 49.3 Å². The lowest BCUT2D eigenvalue weighted by Crippen LogP contribution is -2.13. The quantitative estimate of drug-likeness (QED) is 0.390. The molecule has 0 heterocycles. The first-order chi connectivity index (χ1) is 14.4. The molecule has 0 N–H and O–H groups in total. The molecule has 0 bridgehead atoms. The molecule has 2 aromatic rings. The van der Waals surface area contributed by atoms with E-state index in [1.807, 2.05) is 0 Å². The molecule has 0 aliphatic heterocycles. The van der Waals surface area contributed by atoms with Crippen LogP contribution >= 0.6 is 0 Å². The first-order valence-electron chi connectivity index (χ1n) is 10.6. The Labute approximate surface area is 174 Å². The van der Waals surface area contributed by atoms with Crippen LogP contribution in [-0.4, -0.2) is 13.0 Å². The second kappa shape index (κ2) is 10.3. The maximum atomic E-state index is 14.8. The number of rotatable bonds is 8. The Morgan fingerprint density at radius 3 is 2.27 bits per heavy atom. The van der Waals surface area contributed by atoms with E-state index in [1.165, 1.54) is 31.4 Å². The number of unbranched alkanes of at least 4 members (excludes halogenated alkanes) is 1. The Bertz CT molecular complexity index is 844. The summed E-state index contributed by atoms with van der Waals surface area (Å²) in [6.45, 7) is 1.15. The van der Waals surface area contributed by atoms with Gasteiger partial charge in [-0.3, -0.25) is 0 Å². The van der Waals surface area contributed by atoms with Gasteiger partial charge >= 0.3 is 0 Å². The molecule has 1 saturated carbocycles. The molecule has 30 heavy (non-hydrogen) atoms. The van der Waals surface area contributed by atoms with E-state index >= 15 is 0 Å². The number of benzene rings is 2. The Kier molecular flexibility index (Phi) is 7.73. The van der Waals surface area contributed by atoms with Gasteiger partial charge in [-0.15, -0.1) is 0 Å². The normalized spacial score (nSPS) is 19.3. The first-order valence-corrected chi connectivity index (χ1v) is 10.6. The zero-order valence-electron chi connectivity index (χ0n) is 17.1.